The second-order valence-corrected chi connectivity index (χ2v) is 6.60. The number of nitrogens with one attached hydrogen (secondary N) is 1. The predicted octanol–water partition coefficient (Wildman–Crippen LogP) is 1.95. The zero-order valence-corrected chi connectivity index (χ0v) is 12.3. The number of carbonyl (C=O) groups excluding carboxylic acids is 1. The molecule has 0 saturated heterocycles. The van der Waals surface area contributed by atoms with Gasteiger partial charge in [0.25, 0.3) is 15.9 Å². The van der Waals surface area contributed by atoms with Gasteiger partial charge in [0.05, 0.1) is 23.3 Å². The van der Waals surface area contributed by atoms with E-state index < -0.39 is 15.9 Å². The van der Waals surface area contributed by atoms with Crippen LogP contribution in [0.3, 0.4) is 0 Å². The molecule has 0 unspecified atom stereocenters. The van der Waals surface area contributed by atoms with Gasteiger partial charge in [-0.05, 0) is 37.1 Å². The number of benzene rings is 1. The molecule has 2 rings (SSSR count). The molecule has 5 nitrogen and oxygen atoms in total. The second kappa shape index (κ2) is 5.75. The summed E-state index contributed by atoms with van der Waals surface area (Å²) >= 11 is 3.22. The van der Waals surface area contributed by atoms with Crippen molar-refractivity contribution in [1.29, 1.82) is 0 Å². The minimum absolute atomic E-state index is 0.0429. The first-order valence-corrected chi connectivity index (χ1v) is 7.90. The second-order valence-electron chi connectivity index (χ2n) is 4.01. The normalized spacial score (nSPS) is 15.3. The van der Waals surface area contributed by atoms with Gasteiger partial charge in [0.1, 0.15) is 0 Å². The first kappa shape index (κ1) is 14.1. The minimum Gasteiger partial charge on any atom is -0.501 e. The summed E-state index contributed by atoms with van der Waals surface area (Å²) in [7, 11) is -3.84. The molecular formula is C12H12BrNO4S. The molecule has 0 aliphatic carbocycles. The van der Waals surface area contributed by atoms with E-state index in [0.717, 1.165) is 4.47 Å². The van der Waals surface area contributed by atoms with Crippen molar-refractivity contribution in [3.05, 3.63) is 40.6 Å². The van der Waals surface area contributed by atoms with Gasteiger partial charge < -0.3 is 4.74 Å². The third kappa shape index (κ3) is 3.57. The standard InChI is InChI=1S/C12H12BrNO4S/c13-10-3-5-11(6-4-10)19(16,17)14-12(15)9-2-1-7-18-8-9/h3-6,8H,1-2,7H2,(H,14,15). The van der Waals surface area contributed by atoms with Crippen molar-refractivity contribution >= 4 is 31.9 Å². The van der Waals surface area contributed by atoms with Crippen molar-refractivity contribution in [2.24, 2.45) is 0 Å². The van der Waals surface area contributed by atoms with Gasteiger partial charge in [-0.2, -0.15) is 0 Å². The van der Waals surface area contributed by atoms with Crippen molar-refractivity contribution in [2.45, 2.75) is 17.7 Å². The molecular weight excluding hydrogens is 334 g/mol. The Balaban J connectivity index is 2.15. The zero-order valence-electron chi connectivity index (χ0n) is 9.93. The number of rotatable bonds is 3. The molecule has 0 radical (unpaired) electrons. The van der Waals surface area contributed by atoms with E-state index in [4.69, 9.17) is 4.74 Å². The van der Waals surface area contributed by atoms with E-state index >= 15 is 0 Å². The maximum absolute atomic E-state index is 12.0. The fourth-order valence-corrected chi connectivity index (χ4v) is 2.84. The van der Waals surface area contributed by atoms with Crippen LogP contribution >= 0.6 is 15.9 Å². The van der Waals surface area contributed by atoms with E-state index in [1.165, 1.54) is 18.4 Å². The first-order valence-electron chi connectivity index (χ1n) is 5.62. The smallest absolute Gasteiger partial charge is 0.264 e. The lowest BCUT2D eigenvalue weighted by Crippen LogP contribution is -2.32. The van der Waals surface area contributed by atoms with Crippen LogP contribution in [0.5, 0.6) is 0 Å². The van der Waals surface area contributed by atoms with E-state index in [9.17, 15) is 13.2 Å². The largest absolute Gasteiger partial charge is 0.501 e. The summed E-state index contributed by atoms with van der Waals surface area (Å²) < 4.78 is 31.8. The van der Waals surface area contributed by atoms with Crippen LogP contribution in [0.25, 0.3) is 0 Å². The van der Waals surface area contributed by atoms with Crippen LogP contribution in [0.1, 0.15) is 12.8 Å². The van der Waals surface area contributed by atoms with Crippen molar-refractivity contribution < 1.29 is 17.9 Å². The maximum Gasteiger partial charge on any atom is 0.264 e. The molecule has 1 heterocycles. The number of hydrogen-bond acceptors (Lipinski definition) is 4. The Morgan fingerprint density at radius 2 is 1.95 bits per heavy atom. The molecule has 0 spiro atoms. The summed E-state index contributed by atoms with van der Waals surface area (Å²) in [6.07, 6.45) is 2.54. The maximum atomic E-state index is 12.0. The van der Waals surface area contributed by atoms with Crippen molar-refractivity contribution in [3.8, 4) is 0 Å². The molecule has 0 atom stereocenters. The van der Waals surface area contributed by atoms with Gasteiger partial charge in [-0.15, -0.1) is 0 Å². The molecule has 7 heteroatoms. The topological polar surface area (TPSA) is 72.5 Å². The van der Waals surface area contributed by atoms with Gasteiger partial charge in [-0.25, -0.2) is 13.1 Å². The van der Waals surface area contributed by atoms with E-state index in [1.54, 1.807) is 12.1 Å². The average molecular weight is 346 g/mol. The summed E-state index contributed by atoms with van der Waals surface area (Å²) in [6.45, 7) is 0.552. The first-order chi connectivity index (χ1) is 8.99. The lowest BCUT2D eigenvalue weighted by Gasteiger charge is -2.13. The Hall–Kier alpha value is -1.34. The lowest BCUT2D eigenvalue weighted by atomic mass is 10.1. The summed E-state index contributed by atoms with van der Waals surface area (Å²) in [4.78, 5) is 11.8. The van der Waals surface area contributed by atoms with Crippen molar-refractivity contribution in [1.82, 2.24) is 4.72 Å². The van der Waals surface area contributed by atoms with Gasteiger partial charge in [0.15, 0.2) is 0 Å². The molecule has 0 saturated carbocycles. The highest BCUT2D eigenvalue weighted by atomic mass is 79.9. The highest BCUT2D eigenvalue weighted by Crippen LogP contribution is 2.16. The molecule has 1 aromatic carbocycles. The van der Waals surface area contributed by atoms with Crippen molar-refractivity contribution in [2.75, 3.05) is 6.61 Å². The molecule has 102 valence electrons. The molecule has 1 aromatic rings. The molecule has 1 N–H and O–H groups in total. The van der Waals surface area contributed by atoms with Gasteiger partial charge in [-0.3, -0.25) is 4.79 Å². The Morgan fingerprint density at radius 1 is 1.26 bits per heavy atom. The van der Waals surface area contributed by atoms with E-state index in [0.29, 0.717) is 25.0 Å². The molecule has 1 amide bonds. The summed E-state index contributed by atoms with van der Waals surface area (Å²) in [5.74, 6) is -0.636. The SMILES string of the molecule is O=C(NS(=O)(=O)c1ccc(Br)cc1)C1=COCCC1. The molecule has 1 aliphatic heterocycles. The molecule has 0 aromatic heterocycles. The van der Waals surface area contributed by atoms with E-state index in [-0.39, 0.29) is 4.90 Å². The summed E-state index contributed by atoms with van der Waals surface area (Å²) in [5, 5.41) is 0. The Kier molecular flexibility index (Phi) is 4.26. The third-order valence-electron chi connectivity index (χ3n) is 2.58. The van der Waals surface area contributed by atoms with Gasteiger partial charge in [0, 0.05) is 4.47 Å². The average Bonchev–Trinajstić information content (AvgIpc) is 2.40. The molecule has 19 heavy (non-hydrogen) atoms. The van der Waals surface area contributed by atoms with Crippen LogP contribution < -0.4 is 4.72 Å². The number of carbonyl (C=O) groups is 1. The molecule has 0 fully saturated rings. The van der Waals surface area contributed by atoms with Crippen LogP contribution in [0.4, 0.5) is 0 Å². The Morgan fingerprint density at radius 3 is 2.53 bits per heavy atom. The fraction of sp³-hybridized carbons (Fsp3) is 0.250. The molecule has 1 aliphatic rings. The number of ether oxygens (including phenoxy) is 1. The number of halogens is 1. The van der Waals surface area contributed by atoms with Crippen LogP contribution in [0.2, 0.25) is 0 Å². The molecule has 0 bridgehead atoms. The van der Waals surface area contributed by atoms with Crippen molar-refractivity contribution in [3.63, 3.8) is 0 Å². The number of amides is 1. The number of sulfonamides is 1. The summed E-state index contributed by atoms with van der Waals surface area (Å²) in [5.41, 5.74) is 0.340. The summed E-state index contributed by atoms with van der Waals surface area (Å²) in [6, 6.07) is 6.04. The monoisotopic (exact) mass is 345 g/mol. The highest BCUT2D eigenvalue weighted by molar-refractivity contribution is 9.10. The zero-order chi connectivity index (χ0) is 13.9. The third-order valence-corrected chi connectivity index (χ3v) is 4.45. The fourth-order valence-electron chi connectivity index (χ4n) is 1.59. The Bertz CT molecular complexity index is 607. The van der Waals surface area contributed by atoms with Crippen LogP contribution in [0, 0.1) is 0 Å². The van der Waals surface area contributed by atoms with Gasteiger partial charge >= 0.3 is 0 Å². The van der Waals surface area contributed by atoms with Gasteiger partial charge in [0.2, 0.25) is 0 Å². The Labute approximate surface area is 119 Å². The lowest BCUT2D eigenvalue weighted by molar-refractivity contribution is -0.116. The van der Waals surface area contributed by atoms with Crippen LogP contribution in [-0.2, 0) is 19.6 Å². The quantitative estimate of drug-likeness (QED) is 0.908. The minimum atomic E-state index is -3.84. The van der Waals surface area contributed by atoms with Crippen LogP contribution in [-0.4, -0.2) is 20.9 Å². The van der Waals surface area contributed by atoms with Crippen LogP contribution in [0.15, 0.2) is 45.5 Å². The van der Waals surface area contributed by atoms with Gasteiger partial charge in [-0.1, -0.05) is 15.9 Å². The number of hydrogen-bond donors (Lipinski definition) is 1. The van der Waals surface area contributed by atoms with E-state index in [2.05, 4.69) is 15.9 Å². The predicted molar refractivity (Wildman–Crippen MR) is 72.7 cm³/mol. The van der Waals surface area contributed by atoms with E-state index in [1.807, 2.05) is 4.72 Å². The highest BCUT2D eigenvalue weighted by Gasteiger charge is 2.21.